The van der Waals surface area contributed by atoms with Crippen LogP contribution in [0, 0.1) is 23.7 Å². The molecule has 32 nitrogen and oxygen atoms in total. The third-order valence-corrected chi connectivity index (χ3v) is 16.0. The van der Waals surface area contributed by atoms with Gasteiger partial charge in [0.1, 0.15) is 53.9 Å². The molecule has 520 valence electrons. The van der Waals surface area contributed by atoms with E-state index in [1.54, 1.807) is 53.7 Å². The molecule has 2 aromatic carbocycles. The quantitative estimate of drug-likeness (QED) is 0.0240. The molecule has 2 aliphatic rings. The fourth-order valence-electron chi connectivity index (χ4n) is 10.5. The zero-order valence-corrected chi connectivity index (χ0v) is 54.4. The molecule has 0 saturated carbocycles. The Labute approximate surface area is 545 Å². The summed E-state index contributed by atoms with van der Waals surface area (Å²) in [6, 6.07) is -2.54. The number of guanidine groups is 1. The Bertz CT molecular complexity index is 3010. The average molecular weight is 1320 g/mol. The van der Waals surface area contributed by atoms with Crippen LogP contribution >= 0.6 is 0 Å². The zero-order chi connectivity index (χ0) is 70.5. The van der Waals surface area contributed by atoms with Crippen LogP contribution < -0.4 is 76.1 Å². The Morgan fingerprint density at radius 2 is 1.20 bits per heavy atom. The van der Waals surface area contributed by atoms with E-state index in [9.17, 15) is 68.4 Å². The molecule has 0 unspecified atom stereocenters. The highest BCUT2D eigenvalue weighted by atomic mass is 16.5. The number of carbonyl (C=O) groups excluding carboxylic acids is 12. The predicted molar refractivity (Wildman–Crippen MR) is 340 cm³/mol. The van der Waals surface area contributed by atoms with Gasteiger partial charge in [-0.15, -0.1) is 0 Å². The number of nitrogens with zero attached hydrogens (tertiary/aromatic N) is 1. The molecule has 14 atom stereocenters. The van der Waals surface area contributed by atoms with E-state index in [2.05, 4.69) is 47.5 Å². The molecule has 1 aliphatic heterocycles. The first kappa shape index (κ1) is 77.6. The third-order valence-electron chi connectivity index (χ3n) is 16.0. The van der Waals surface area contributed by atoms with Crippen LogP contribution in [0.4, 0.5) is 0 Å². The lowest BCUT2D eigenvalue weighted by atomic mass is 9.94. The predicted octanol–water partition coefficient (Wildman–Crippen LogP) is -5.31. The number of amides is 11. The summed E-state index contributed by atoms with van der Waals surface area (Å²) in [5.74, 6) is -17.2. The van der Waals surface area contributed by atoms with Crippen molar-refractivity contribution in [2.24, 2.45) is 51.6 Å². The number of hydrogen-bond acceptors (Lipinski definition) is 19. The number of rotatable bonds is 21. The lowest BCUT2D eigenvalue weighted by Crippen LogP contribution is -2.64. The van der Waals surface area contributed by atoms with E-state index in [1.807, 2.05) is 22.8 Å². The van der Waals surface area contributed by atoms with Crippen molar-refractivity contribution < 1.29 is 82.7 Å². The van der Waals surface area contributed by atoms with Crippen LogP contribution in [0.25, 0.3) is 0 Å². The molecule has 1 fully saturated rings. The van der Waals surface area contributed by atoms with Crippen molar-refractivity contribution in [3.8, 4) is 0 Å². The number of hydrogen-bond donors (Lipinski definition) is 18. The third kappa shape index (κ3) is 22.4. The second kappa shape index (κ2) is 36.0. The number of nitrogens with one attached hydrogen (secondary N) is 10. The van der Waals surface area contributed by atoms with Crippen molar-refractivity contribution in [3.63, 3.8) is 0 Å². The number of primary amides is 1. The molecule has 1 heterocycles. The molecule has 32 heteroatoms. The van der Waals surface area contributed by atoms with Crippen molar-refractivity contribution in [1.82, 2.24) is 53.2 Å². The molecule has 22 N–H and O–H groups in total. The van der Waals surface area contributed by atoms with Gasteiger partial charge in [-0.1, -0.05) is 116 Å². The average Bonchev–Trinajstić information content (AvgIpc) is 1.58. The fraction of sp³-hybridized carbons (Fsp3) is 0.597. The minimum atomic E-state index is -2.58. The SMILES string of the molecule is CC[C@H](C)[C@@H]1NC(=O)[C@@H](CCCN=C(N)N)NC(=O)[C@H](CC(C)C)NC(=O)[C@H]([C@H](O)C(C)C)NC(=O)[C@@H](NC(=O)[C@H](CC(C)C)NC(=O)C2(N)Cc3ccccc3C2)[C@@H](c2ccccc2)OC(=O)[C@H](CO)NC(=O)[C@H]([C@H](O)C(N)=O)NC(=O)CNC(=O)[C@H]([C@H](C)O)NC1=O. The lowest BCUT2D eigenvalue weighted by Gasteiger charge is -2.34. The molecule has 0 radical (unpaired) electrons. The maximum absolute atomic E-state index is 15.5. The molecule has 11 amide bonds. The number of fused-ring (bicyclic) bond motifs is 1. The molecule has 1 saturated heterocycles. The number of esters is 1. The van der Waals surface area contributed by atoms with Crippen LogP contribution in [-0.4, -0.2) is 195 Å². The summed E-state index contributed by atoms with van der Waals surface area (Å²) in [6.07, 6.45) is -8.12. The number of aliphatic hydroxyl groups is 4. The number of cyclic esters (lactones) is 1. The minimum Gasteiger partial charge on any atom is -0.453 e. The summed E-state index contributed by atoms with van der Waals surface area (Å²) in [5.41, 5.74) is 23.2. The van der Waals surface area contributed by atoms with E-state index >= 15 is 9.59 Å². The van der Waals surface area contributed by atoms with Crippen LogP contribution in [0.5, 0.6) is 0 Å². The van der Waals surface area contributed by atoms with E-state index in [-0.39, 0.29) is 74.8 Å². The van der Waals surface area contributed by atoms with Gasteiger partial charge in [0.05, 0.1) is 25.4 Å². The van der Waals surface area contributed by atoms with Gasteiger partial charge in [-0.05, 0) is 85.8 Å². The lowest BCUT2D eigenvalue weighted by molar-refractivity contribution is -0.159. The Balaban J connectivity index is 1.98. The van der Waals surface area contributed by atoms with Crippen molar-refractivity contribution in [1.29, 1.82) is 0 Å². The second-order valence-electron chi connectivity index (χ2n) is 25.1. The van der Waals surface area contributed by atoms with E-state index in [4.69, 9.17) is 27.7 Å². The molecular formula is C62H95N15O17. The normalized spacial score (nSPS) is 24.9. The van der Waals surface area contributed by atoms with Gasteiger partial charge in [0.15, 0.2) is 24.2 Å². The van der Waals surface area contributed by atoms with Crippen LogP contribution in [0.15, 0.2) is 59.6 Å². The highest BCUT2D eigenvalue weighted by Gasteiger charge is 2.46. The first-order valence-electron chi connectivity index (χ1n) is 31.2. The van der Waals surface area contributed by atoms with E-state index < -0.39 is 180 Å². The van der Waals surface area contributed by atoms with Crippen molar-refractivity contribution in [2.75, 3.05) is 19.7 Å². The Morgan fingerprint density at radius 3 is 1.74 bits per heavy atom. The summed E-state index contributed by atoms with van der Waals surface area (Å²) in [5, 5.41) is 68.5. The summed E-state index contributed by atoms with van der Waals surface area (Å²) < 4.78 is 5.97. The maximum atomic E-state index is 15.5. The highest BCUT2D eigenvalue weighted by Crippen LogP contribution is 2.29. The number of ether oxygens (including phenoxy) is 1. The summed E-state index contributed by atoms with van der Waals surface area (Å²) in [7, 11) is 0. The standard InChI is InChI=1S/C62H95N15O17/c1-10-32(8)42-55(88)75-43(33(9)79)54(87)68-27-41(80)73-45(48(82)50(63)83)57(90)71-40(28-78)59(92)94-49(34-17-12-11-13-18-34)46(77-53(86)39(24-30(4)5)72-60(93)62(66)25-35-19-14-15-20-36(35)26-62)58(91)76-44(47(81)31(6)7)56(89)70-38(23-29(2)3)52(85)69-37(51(84)74-42)21-16-22-67-61(64)65/h11-15,17-20,29-33,37-40,42-49,78-79,81-82H,10,16,21-28,66H2,1-9H3,(H2,63,83)(H,68,87)(H,69,85)(H,70,89)(H,71,90)(H,72,93)(H,73,80)(H,74,84)(H,75,88)(H,76,91)(H,77,86)(H4,64,65,67)/t32-,33-,37+,38-,39-,40-,42-,43-,44-,45-,46-,47+,48-,49+/m0/s1. The Kier molecular flexibility index (Phi) is 29.7. The van der Waals surface area contributed by atoms with E-state index in [0.29, 0.717) is 0 Å². The van der Waals surface area contributed by atoms with Gasteiger partial charge in [0.2, 0.25) is 65.0 Å². The van der Waals surface area contributed by atoms with Gasteiger partial charge in [-0.25, -0.2) is 4.79 Å². The van der Waals surface area contributed by atoms with Crippen molar-refractivity contribution >= 4 is 76.9 Å². The molecule has 0 aromatic heterocycles. The van der Waals surface area contributed by atoms with Gasteiger partial charge < -0.3 is 101 Å². The van der Waals surface area contributed by atoms with Crippen molar-refractivity contribution in [3.05, 3.63) is 71.3 Å². The summed E-state index contributed by atoms with van der Waals surface area (Å²) in [6.45, 7) is 11.7. The Hall–Kier alpha value is -8.85. The fourth-order valence-corrected chi connectivity index (χ4v) is 10.5. The number of benzene rings is 2. The van der Waals surface area contributed by atoms with Gasteiger partial charge in [-0.3, -0.25) is 57.7 Å². The topological polar surface area (TPSA) is 532 Å². The molecule has 4 rings (SSSR count). The van der Waals surface area contributed by atoms with Gasteiger partial charge in [-0.2, -0.15) is 0 Å². The Morgan fingerprint density at radius 1 is 0.660 bits per heavy atom. The maximum Gasteiger partial charge on any atom is 0.331 e. The number of nitrogens with two attached hydrogens (primary N) is 4. The monoisotopic (exact) mass is 1320 g/mol. The van der Waals surface area contributed by atoms with Crippen LogP contribution in [0.3, 0.4) is 0 Å². The van der Waals surface area contributed by atoms with E-state index in [1.165, 1.54) is 44.2 Å². The minimum absolute atomic E-state index is 0.0436. The molecule has 94 heavy (non-hydrogen) atoms. The van der Waals surface area contributed by atoms with Gasteiger partial charge in [0.25, 0.3) is 0 Å². The first-order chi connectivity index (χ1) is 44.1. The van der Waals surface area contributed by atoms with Gasteiger partial charge in [0, 0.05) is 6.54 Å². The largest absolute Gasteiger partial charge is 0.453 e. The number of aliphatic imine (C=N–C) groups is 1. The number of aliphatic hydroxyl groups excluding tert-OH is 4. The zero-order valence-electron chi connectivity index (χ0n) is 54.4. The van der Waals surface area contributed by atoms with E-state index in [0.717, 1.165) is 18.1 Å². The molecule has 2 aromatic rings. The van der Waals surface area contributed by atoms with Crippen LogP contribution in [-0.2, 0) is 75.1 Å². The first-order valence-corrected chi connectivity index (χ1v) is 31.2. The number of carbonyl (C=O) groups is 12. The van der Waals surface area contributed by atoms with Gasteiger partial charge >= 0.3 is 5.97 Å². The summed E-state index contributed by atoms with van der Waals surface area (Å²) in [4.78, 5) is 176. The smallest absolute Gasteiger partial charge is 0.331 e. The van der Waals surface area contributed by atoms with Crippen molar-refractivity contribution in [2.45, 2.75) is 192 Å². The summed E-state index contributed by atoms with van der Waals surface area (Å²) >= 11 is 0. The molecule has 1 aliphatic carbocycles. The second-order valence-corrected chi connectivity index (χ2v) is 25.1. The molecular weight excluding hydrogens is 1230 g/mol. The molecule has 0 spiro atoms. The highest BCUT2D eigenvalue weighted by molar-refractivity contribution is 6.00. The van der Waals surface area contributed by atoms with Crippen LogP contribution in [0.2, 0.25) is 0 Å². The molecule has 0 bridgehead atoms. The van der Waals surface area contributed by atoms with Crippen LogP contribution in [0.1, 0.15) is 117 Å².